The van der Waals surface area contributed by atoms with Crippen molar-refractivity contribution in [3.05, 3.63) is 23.9 Å². The minimum Gasteiger partial charge on any atom is -0.377 e. The van der Waals surface area contributed by atoms with E-state index in [0.717, 1.165) is 56.6 Å². The number of nitrogens with zero attached hydrogens (tertiary/aromatic N) is 3. The minimum atomic E-state index is 0. The van der Waals surface area contributed by atoms with Gasteiger partial charge < -0.3 is 20.3 Å². The number of guanidine groups is 1. The maximum absolute atomic E-state index is 6.08. The molecule has 1 aromatic rings. The van der Waals surface area contributed by atoms with Gasteiger partial charge in [-0.3, -0.25) is 4.99 Å². The summed E-state index contributed by atoms with van der Waals surface area (Å²) in [6.07, 6.45) is 7.91. The molecule has 3 atom stereocenters. The first-order chi connectivity index (χ1) is 14.2. The van der Waals surface area contributed by atoms with Crippen LogP contribution in [0.5, 0.6) is 0 Å². The first kappa shape index (κ1) is 22.1. The van der Waals surface area contributed by atoms with Crippen LogP contribution in [0.2, 0.25) is 0 Å². The SMILES string of the molecule is CCN=C(NC1CCN(c2cccc(C)n2)CC1)NC1C2CCOC2C12CCC2.I. The molecule has 0 amide bonds. The topological polar surface area (TPSA) is 61.8 Å². The van der Waals surface area contributed by atoms with Crippen LogP contribution in [0.1, 0.15) is 51.1 Å². The Morgan fingerprint density at radius 2 is 2.03 bits per heavy atom. The molecule has 2 saturated heterocycles. The molecule has 2 saturated carbocycles. The summed E-state index contributed by atoms with van der Waals surface area (Å²) in [6, 6.07) is 7.31. The number of halogens is 1. The highest BCUT2D eigenvalue weighted by Crippen LogP contribution is 2.62. The number of piperidine rings is 1. The van der Waals surface area contributed by atoms with E-state index in [2.05, 4.69) is 47.6 Å². The number of aryl methyl sites for hydroxylation is 1. The largest absolute Gasteiger partial charge is 0.377 e. The van der Waals surface area contributed by atoms with E-state index in [4.69, 9.17) is 14.7 Å². The number of aliphatic imine (C=N–C) groups is 1. The fourth-order valence-corrected chi connectivity index (χ4v) is 6.05. The van der Waals surface area contributed by atoms with Crippen LogP contribution >= 0.6 is 24.0 Å². The quantitative estimate of drug-likeness (QED) is 0.358. The van der Waals surface area contributed by atoms with Crippen molar-refractivity contribution in [2.45, 2.75) is 70.6 Å². The van der Waals surface area contributed by atoms with Crippen LogP contribution in [0.3, 0.4) is 0 Å². The molecule has 166 valence electrons. The van der Waals surface area contributed by atoms with Crippen LogP contribution in [0.15, 0.2) is 23.2 Å². The lowest BCUT2D eigenvalue weighted by Crippen LogP contribution is -2.72. The summed E-state index contributed by atoms with van der Waals surface area (Å²) in [5.74, 6) is 2.80. The second kappa shape index (κ2) is 9.18. The molecule has 6 nitrogen and oxygen atoms in total. The molecular formula is C23H36IN5O. The summed E-state index contributed by atoms with van der Waals surface area (Å²) >= 11 is 0. The van der Waals surface area contributed by atoms with Crippen molar-refractivity contribution >= 4 is 35.8 Å². The summed E-state index contributed by atoms with van der Waals surface area (Å²) in [6.45, 7) is 8.02. The Balaban J connectivity index is 0.00000218. The van der Waals surface area contributed by atoms with E-state index < -0.39 is 0 Å². The molecule has 0 bridgehead atoms. The lowest BCUT2D eigenvalue weighted by molar-refractivity contribution is -0.171. The van der Waals surface area contributed by atoms with E-state index >= 15 is 0 Å². The van der Waals surface area contributed by atoms with Crippen LogP contribution < -0.4 is 15.5 Å². The number of anilines is 1. The van der Waals surface area contributed by atoms with Crippen molar-refractivity contribution in [2.75, 3.05) is 31.1 Å². The van der Waals surface area contributed by atoms with Crippen LogP contribution in [0.4, 0.5) is 5.82 Å². The molecule has 3 heterocycles. The third-order valence-corrected chi connectivity index (χ3v) is 7.68. The molecule has 2 aliphatic heterocycles. The third kappa shape index (κ3) is 3.92. The Morgan fingerprint density at radius 3 is 2.70 bits per heavy atom. The Bertz CT molecular complexity index is 760. The van der Waals surface area contributed by atoms with Gasteiger partial charge in [0.25, 0.3) is 0 Å². The number of pyridine rings is 1. The molecule has 2 N–H and O–H groups in total. The van der Waals surface area contributed by atoms with Gasteiger partial charge in [-0.1, -0.05) is 12.5 Å². The molecule has 3 unspecified atom stereocenters. The standard InChI is InChI=1S/C23H35N5O.HI/c1-3-24-22(27-20-18-10-15-29-21(18)23(20)11-5-12-23)26-17-8-13-28(14-9-17)19-7-4-6-16(2)25-19;/h4,6-7,17-18,20-21H,3,5,8-15H2,1-2H3,(H2,24,26,27);1H. The maximum atomic E-state index is 6.08. The third-order valence-electron chi connectivity index (χ3n) is 7.68. The number of nitrogens with one attached hydrogen (secondary N) is 2. The van der Waals surface area contributed by atoms with Gasteiger partial charge in [-0.2, -0.15) is 0 Å². The zero-order chi connectivity index (χ0) is 19.8. The van der Waals surface area contributed by atoms with Crippen LogP contribution in [-0.4, -0.2) is 55.4 Å². The van der Waals surface area contributed by atoms with Gasteiger partial charge >= 0.3 is 0 Å². The molecule has 7 heteroatoms. The molecule has 4 aliphatic rings. The van der Waals surface area contributed by atoms with Gasteiger partial charge in [0, 0.05) is 55.4 Å². The minimum absolute atomic E-state index is 0. The van der Waals surface area contributed by atoms with Gasteiger partial charge in [0.15, 0.2) is 5.96 Å². The molecule has 30 heavy (non-hydrogen) atoms. The van der Waals surface area contributed by atoms with Gasteiger partial charge in [0.2, 0.25) is 0 Å². The highest BCUT2D eigenvalue weighted by atomic mass is 127. The zero-order valence-electron chi connectivity index (χ0n) is 18.3. The van der Waals surface area contributed by atoms with E-state index in [1.54, 1.807) is 0 Å². The van der Waals surface area contributed by atoms with Crippen molar-refractivity contribution in [3.8, 4) is 0 Å². The van der Waals surface area contributed by atoms with Crippen molar-refractivity contribution in [3.63, 3.8) is 0 Å². The number of fused-ring (bicyclic) bond motifs is 2. The highest BCUT2D eigenvalue weighted by Gasteiger charge is 2.66. The molecule has 0 radical (unpaired) electrons. The molecule has 5 rings (SSSR count). The van der Waals surface area contributed by atoms with Gasteiger partial charge in [-0.05, 0) is 58.1 Å². The van der Waals surface area contributed by atoms with E-state index in [9.17, 15) is 0 Å². The summed E-state index contributed by atoms with van der Waals surface area (Å²) < 4.78 is 6.08. The second-order valence-corrected chi connectivity index (χ2v) is 9.32. The summed E-state index contributed by atoms with van der Waals surface area (Å²) in [5.41, 5.74) is 1.47. The van der Waals surface area contributed by atoms with Gasteiger partial charge in [-0.25, -0.2) is 4.98 Å². The fraction of sp³-hybridized carbons (Fsp3) is 0.739. The molecular weight excluding hydrogens is 489 g/mol. The van der Waals surface area contributed by atoms with E-state index in [-0.39, 0.29) is 24.0 Å². The van der Waals surface area contributed by atoms with E-state index in [1.165, 1.54) is 25.7 Å². The molecule has 0 aromatic carbocycles. The van der Waals surface area contributed by atoms with Gasteiger partial charge in [-0.15, -0.1) is 24.0 Å². The average Bonchev–Trinajstić information content (AvgIpc) is 3.10. The molecule has 2 aliphatic carbocycles. The lowest BCUT2D eigenvalue weighted by Gasteiger charge is -2.63. The number of rotatable bonds is 4. The number of hydrogen-bond donors (Lipinski definition) is 2. The van der Waals surface area contributed by atoms with E-state index in [0.29, 0.717) is 29.5 Å². The maximum Gasteiger partial charge on any atom is 0.191 e. The van der Waals surface area contributed by atoms with Crippen LogP contribution in [0.25, 0.3) is 0 Å². The summed E-state index contributed by atoms with van der Waals surface area (Å²) in [7, 11) is 0. The van der Waals surface area contributed by atoms with Crippen LogP contribution in [-0.2, 0) is 4.74 Å². The highest BCUT2D eigenvalue weighted by molar-refractivity contribution is 14.0. The first-order valence-electron chi connectivity index (χ1n) is 11.6. The molecule has 4 fully saturated rings. The van der Waals surface area contributed by atoms with Crippen LogP contribution in [0, 0.1) is 18.3 Å². The Labute approximate surface area is 197 Å². The average molecular weight is 525 g/mol. The first-order valence-corrected chi connectivity index (χ1v) is 11.6. The predicted octanol–water partition coefficient (Wildman–Crippen LogP) is 3.49. The zero-order valence-corrected chi connectivity index (χ0v) is 20.6. The molecule has 1 aromatic heterocycles. The number of hydrogen-bond acceptors (Lipinski definition) is 4. The van der Waals surface area contributed by atoms with Gasteiger partial charge in [0.05, 0.1) is 6.10 Å². The Kier molecular flexibility index (Phi) is 6.77. The lowest BCUT2D eigenvalue weighted by atomic mass is 9.46. The van der Waals surface area contributed by atoms with Gasteiger partial charge in [0.1, 0.15) is 5.82 Å². The summed E-state index contributed by atoms with van der Waals surface area (Å²) in [5, 5.41) is 7.61. The normalized spacial score (nSPS) is 30.1. The predicted molar refractivity (Wildman–Crippen MR) is 132 cm³/mol. The van der Waals surface area contributed by atoms with E-state index in [1.807, 2.05) is 0 Å². The molecule has 1 spiro atoms. The smallest absolute Gasteiger partial charge is 0.191 e. The Morgan fingerprint density at radius 1 is 1.23 bits per heavy atom. The Hall–Kier alpha value is -1.09. The van der Waals surface area contributed by atoms with Crippen molar-refractivity contribution in [1.82, 2.24) is 15.6 Å². The number of ether oxygens (including phenoxy) is 1. The number of aromatic nitrogens is 1. The second-order valence-electron chi connectivity index (χ2n) is 9.32. The van der Waals surface area contributed by atoms with Crippen molar-refractivity contribution in [2.24, 2.45) is 16.3 Å². The van der Waals surface area contributed by atoms with Crippen molar-refractivity contribution in [1.29, 1.82) is 0 Å². The van der Waals surface area contributed by atoms with Crippen molar-refractivity contribution < 1.29 is 4.74 Å². The summed E-state index contributed by atoms with van der Waals surface area (Å²) in [4.78, 5) is 11.9. The fourth-order valence-electron chi connectivity index (χ4n) is 6.05. The monoisotopic (exact) mass is 525 g/mol.